The molecule has 1 N–H and O–H groups in total. The van der Waals surface area contributed by atoms with Gasteiger partial charge in [0.25, 0.3) is 0 Å². The number of hydrogen-bond donors (Lipinski definition) is 1. The van der Waals surface area contributed by atoms with Gasteiger partial charge in [-0.25, -0.2) is 9.97 Å². The van der Waals surface area contributed by atoms with Crippen LogP contribution in [-0.2, 0) is 6.42 Å². The molecule has 0 bridgehead atoms. The van der Waals surface area contributed by atoms with Crippen LogP contribution in [0.1, 0.15) is 23.9 Å². The summed E-state index contributed by atoms with van der Waals surface area (Å²) in [7, 11) is 0. The molecular weight excluding hydrogens is 258 g/mol. The predicted molar refractivity (Wildman–Crippen MR) is 79.7 cm³/mol. The van der Waals surface area contributed by atoms with Crippen molar-refractivity contribution < 1.29 is 0 Å². The lowest BCUT2D eigenvalue weighted by Crippen LogP contribution is -2.20. The van der Waals surface area contributed by atoms with Gasteiger partial charge in [-0.2, -0.15) is 0 Å². The highest BCUT2D eigenvalue weighted by molar-refractivity contribution is 6.30. The van der Waals surface area contributed by atoms with Crippen LogP contribution in [0.5, 0.6) is 0 Å². The summed E-state index contributed by atoms with van der Waals surface area (Å²) in [5, 5.41) is 3.92. The standard InChI is InChI=1S/C15H18ClN3/c1-10(9-13-7-5-4-6-8-13)17-15-11(2)14(16)18-12(3)19-15/h4-8,10H,9H2,1-3H3,(H,17,18,19). The van der Waals surface area contributed by atoms with Gasteiger partial charge in [-0.3, -0.25) is 0 Å². The van der Waals surface area contributed by atoms with Crippen molar-refractivity contribution in [2.75, 3.05) is 5.32 Å². The van der Waals surface area contributed by atoms with Gasteiger partial charge >= 0.3 is 0 Å². The van der Waals surface area contributed by atoms with Crippen LogP contribution in [0.2, 0.25) is 5.15 Å². The predicted octanol–water partition coefficient (Wildman–Crippen LogP) is 3.79. The lowest BCUT2D eigenvalue weighted by atomic mass is 10.1. The van der Waals surface area contributed by atoms with E-state index in [4.69, 9.17) is 11.6 Å². The molecule has 100 valence electrons. The van der Waals surface area contributed by atoms with Gasteiger partial charge in [0, 0.05) is 11.6 Å². The first-order valence-electron chi connectivity index (χ1n) is 6.37. The summed E-state index contributed by atoms with van der Waals surface area (Å²) in [6, 6.07) is 10.7. The van der Waals surface area contributed by atoms with Crippen LogP contribution < -0.4 is 5.32 Å². The number of hydrogen-bond acceptors (Lipinski definition) is 3. The van der Waals surface area contributed by atoms with E-state index in [-0.39, 0.29) is 6.04 Å². The zero-order valence-electron chi connectivity index (χ0n) is 11.4. The number of nitrogens with zero attached hydrogens (tertiary/aromatic N) is 2. The summed E-state index contributed by atoms with van der Waals surface area (Å²) in [5.74, 6) is 1.51. The van der Waals surface area contributed by atoms with Gasteiger partial charge in [0.2, 0.25) is 0 Å². The summed E-state index contributed by atoms with van der Waals surface area (Å²) >= 11 is 6.07. The highest BCUT2D eigenvalue weighted by atomic mass is 35.5. The molecule has 0 saturated carbocycles. The first-order chi connectivity index (χ1) is 9.06. The van der Waals surface area contributed by atoms with Gasteiger partial charge in [0.15, 0.2) is 0 Å². The first-order valence-corrected chi connectivity index (χ1v) is 6.75. The molecule has 2 rings (SSSR count). The molecule has 0 radical (unpaired) electrons. The van der Waals surface area contributed by atoms with Crippen LogP contribution in [0.25, 0.3) is 0 Å². The average Bonchev–Trinajstić information content (AvgIpc) is 2.36. The molecule has 0 spiro atoms. The van der Waals surface area contributed by atoms with Gasteiger partial charge in [-0.05, 0) is 32.8 Å². The molecular formula is C15H18ClN3. The third kappa shape index (κ3) is 3.67. The van der Waals surface area contributed by atoms with E-state index in [1.54, 1.807) is 0 Å². The normalized spacial score (nSPS) is 12.2. The Morgan fingerprint density at radius 2 is 1.84 bits per heavy atom. The van der Waals surface area contributed by atoms with Gasteiger partial charge in [-0.1, -0.05) is 41.9 Å². The molecule has 0 fully saturated rings. The second-order valence-corrected chi connectivity index (χ2v) is 5.13. The van der Waals surface area contributed by atoms with Crippen LogP contribution in [0.15, 0.2) is 30.3 Å². The third-order valence-electron chi connectivity index (χ3n) is 2.97. The molecule has 0 aliphatic heterocycles. The maximum atomic E-state index is 6.07. The summed E-state index contributed by atoms with van der Waals surface area (Å²) in [5.41, 5.74) is 2.20. The number of aromatic nitrogens is 2. The zero-order valence-corrected chi connectivity index (χ0v) is 12.2. The number of rotatable bonds is 4. The molecule has 19 heavy (non-hydrogen) atoms. The Morgan fingerprint density at radius 1 is 1.16 bits per heavy atom. The minimum atomic E-state index is 0.284. The van der Waals surface area contributed by atoms with Gasteiger partial charge in [0.1, 0.15) is 16.8 Å². The van der Waals surface area contributed by atoms with Crippen LogP contribution in [-0.4, -0.2) is 16.0 Å². The minimum Gasteiger partial charge on any atom is -0.367 e. The Kier molecular flexibility index (Phi) is 4.38. The number of halogens is 1. The molecule has 0 amide bonds. The summed E-state index contributed by atoms with van der Waals surface area (Å²) < 4.78 is 0. The Labute approximate surface area is 119 Å². The van der Waals surface area contributed by atoms with E-state index >= 15 is 0 Å². The van der Waals surface area contributed by atoms with Gasteiger partial charge in [0.05, 0.1) is 0 Å². The third-order valence-corrected chi connectivity index (χ3v) is 3.33. The lowest BCUT2D eigenvalue weighted by molar-refractivity contribution is 0.780. The molecule has 2 aromatic rings. The maximum absolute atomic E-state index is 6.07. The fraction of sp³-hybridized carbons (Fsp3) is 0.333. The first kappa shape index (κ1) is 13.8. The van der Waals surface area contributed by atoms with Gasteiger partial charge in [-0.15, -0.1) is 0 Å². The summed E-state index contributed by atoms with van der Waals surface area (Å²) in [4.78, 5) is 8.55. The molecule has 1 atom stereocenters. The highest BCUT2D eigenvalue weighted by Gasteiger charge is 2.10. The van der Waals surface area contributed by atoms with Crippen molar-refractivity contribution in [2.45, 2.75) is 33.2 Å². The monoisotopic (exact) mass is 275 g/mol. The summed E-state index contributed by atoms with van der Waals surface area (Å²) in [6.07, 6.45) is 0.945. The number of anilines is 1. The molecule has 1 unspecified atom stereocenters. The van der Waals surface area contributed by atoms with Crippen molar-refractivity contribution in [3.63, 3.8) is 0 Å². The van der Waals surface area contributed by atoms with Crippen molar-refractivity contribution in [2.24, 2.45) is 0 Å². The number of aryl methyl sites for hydroxylation is 1. The minimum absolute atomic E-state index is 0.284. The van der Waals surface area contributed by atoms with E-state index in [9.17, 15) is 0 Å². The Hall–Kier alpha value is -1.61. The lowest BCUT2D eigenvalue weighted by Gasteiger charge is -2.17. The largest absolute Gasteiger partial charge is 0.367 e. The second-order valence-electron chi connectivity index (χ2n) is 4.77. The second kappa shape index (κ2) is 6.02. The van der Waals surface area contributed by atoms with Crippen molar-refractivity contribution in [3.05, 3.63) is 52.4 Å². The zero-order chi connectivity index (χ0) is 13.8. The van der Waals surface area contributed by atoms with Crippen LogP contribution in [0, 0.1) is 13.8 Å². The number of benzene rings is 1. The van der Waals surface area contributed by atoms with E-state index in [0.717, 1.165) is 17.8 Å². The Morgan fingerprint density at radius 3 is 2.53 bits per heavy atom. The SMILES string of the molecule is Cc1nc(Cl)c(C)c(NC(C)Cc2ccccc2)n1. The fourth-order valence-electron chi connectivity index (χ4n) is 1.99. The molecule has 1 aromatic heterocycles. The summed E-state index contributed by atoms with van der Waals surface area (Å²) in [6.45, 7) is 5.91. The average molecular weight is 276 g/mol. The molecule has 3 nitrogen and oxygen atoms in total. The van der Waals surface area contributed by atoms with Crippen molar-refractivity contribution in [3.8, 4) is 0 Å². The van der Waals surface area contributed by atoms with Crippen LogP contribution in [0.4, 0.5) is 5.82 Å². The Bertz CT molecular complexity index is 555. The molecule has 0 aliphatic carbocycles. The maximum Gasteiger partial charge on any atom is 0.137 e. The quantitative estimate of drug-likeness (QED) is 0.863. The van der Waals surface area contributed by atoms with E-state index < -0.39 is 0 Å². The highest BCUT2D eigenvalue weighted by Crippen LogP contribution is 2.20. The molecule has 0 saturated heterocycles. The van der Waals surface area contributed by atoms with Crippen molar-refractivity contribution in [1.82, 2.24) is 9.97 Å². The molecule has 1 aromatic carbocycles. The smallest absolute Gasteiger partial charge is 0.137 e. The Balaban J connectivity index is 2.09. The van der Waals surface area contributed by atoms with Crippen LogP contribution >= 0.6 is 11.6 Å². The van der Waals surface area contributed by atoms with E-state index in [1.165, 1.54) is 5.56 Å². The van der Waals surface area contributed by atoms with Crippen LogP contribution in [0.3, 0.4) is 0 Å². The topological polar surface area (TPSA) is 37.8 Å². The molecule has 4 heteroatoms. The van der Waals surface area contributed by atoms with Crippen molar-refractivity contribution >= 4 is 17.4 Å². The van der Waals surface area contributed by atoms with Gasteiger partial charge < -0.3 is 5.32 Å². The van der Waals surface area contributed by atoms with E-state index in [2.05, 4.69) is 46.5 Å². The molecule has 1 heterocycles. The molecule has 0 aliphatic rings. The van der Waals surface area contributed by atoms with E-state index in [1.807, 2.05) is 19.9 Å². The van der Waals surface area contributed by atoms with E-state index in [0.29, 0.717) is 11.0 Å². The number of nitrogens with one attached hydrogen (secondary N) is 1. The fourth-order valence-corrected chi connectivity index (χ4v) is 2.20. The van der Waals surface area contributed by atoms with Crippen molar-refractivity contribution in [1.29, 1.82) is 0 Å².